The van der Waals surface area contributed by atoms with Crippen molar-refractivity contribution in [3.63, 3.8) is 0 Å². The van der Waals surface area contributed by atoms with Crippen LogP contribution in [0.5, 0.6) is 0 Å². The van der Waals surface area contributed by atoms with E-state index in [0.29, 0.717) is 11.7 Å². The van der Waals surface area contributed by atoms with Crippen LogP contribution in [0.1, 0.15) is 24.8 Å². The maximum atomic E-state index is 11.7. The lowest BCUT2D eigenvalue weighted by Gasteiger charge is -2.03. The average Bonchev–Trinajstić information content (AvgIpc) is 3.08. The summed E-state index contributed by atoms with van der Waals surface area (Å²) in [7, 11) is 0. The van der Waals surface area contributed by atoms with E-state index in [0.717, 1.165) is 11.1 Å². The van der Waals surface area contributed by atoms with Crippen LogP contribution in [0.25, 0.3) is 11.3 Å². The van der Waals surface area contributed by atoms with Gasteiger partial charge in [-0.05, 0) is 13.8 Å². The maximum Gasteiger partial charge on any atom is 0.306 e. The average molecular weight is 353 g/mol. The zero-order valence-electron chi connectivity index (χ0n) is 14.6. The molecular weight excluding hydrogens is 334 g/mol. The van der Waals surface area contributed by atoms with Crippen molar-refractivity contribution < 1.29 is 18.7 Å². The number of hydrogen-bond acceptors (Lipinski definition) is 7. The summed E-state index contributed by atoms with van der Waals surface area (Å²) in [5.74, 6) is -0.191. The predicted molar refractivity (Wildman–Crippen MR) is 93.5 cm³/mol. The molecule has 134 valence electrons. The van der Waals surface area contributed by atoms with Gasteiger partial charge in [-0.3, -0.25) is 9.59 Å². The number of nitriles is 1. The smallest absolute Gasteiger partial charge is 0.306 e. The molecule has 0 saturated heterocycles. The number of rotatable bonds is 7. The molecule has 7 nitrogen and oxygen atoms in total. The fourth-order valence-electron chi connectivity index (χ4n) is 2.15. The summed E-state index contributed by atoms with van der Waals surface area (Å²) in [6, 6.07) is 9.50. The van der Waals surface area contributed by atoms with Crippen LogP contribution >= 0.6 is 0 Å². The lowest BCUT2D eigenvalue weighted by molar-refractivity contribution is -0.147. The highest BCUT2D eigenvalue weighted by Crippen LogP contribution is 2.21. The Morgan fingerprint density at radius 2 is 2.00 bits per heavy atom. The lowest BCUT2D eigenvalue weighted by atomic mass is 10.1. The molecule has 0 radical (unpaired) electrons. The van der Waals surface area contributed by atoms with Gasteiger partial charge in [0.2, 0.25) is 5.78 Å². The van der Waals surface area contributed by atoms with Crippen LogP contribution in [-0.2, 0) is 20.7 Å². The minimum atomic E-state index is -0.626. The second-order valence-corrected chi connectivity index (χ2v) is 5.74. The Bertz CT molecular complexity index is 869. The number of carbonyl (C=O) groups excluding carboxylic acids is 2. The van der Waals surface area contributed by atoms with E-state index >= 15 is 0 Å². The van der Waals surface area contributed by atoms with E-state index in [9.17, 15) is 9.59 Å². The van der Waals surface area contributed by atoms with Gasteiger partial charge < -0.3 is 14.9 Å². The van der Waals surface area contributed by atoms with Crippen molar-refractivity contribution in [2.75, 3.05) is 6.61 Å². The van der Waals surface area contributed by atoms with Crippen molar-refractivity contribution in [2.24, 2.45) is 5.73 Å². The van der Waals surface area contributed by atoms with Crippen molar-refractivity contribution in [3.8, 4) is 17.4 Å². The summed E-state index contributed by atoms with van der Waals surface area (Å²) in [6.45, 7) is 2.92. The number of Topliss-reactive ketones (excluding diaryl/α,β-unsaturated/α-hetero) is 1. The molecule has 2 aromatic rings. The van der Waals surface area contributed by atoms with E-state index in [1.54, 1.807) is 12.3 Å². The minimum Gasteiger partial charge on any atom is -0.457 e. The number of ether oxygens (including phenoxy) is 1. The normalized spacial score (nSPS) is 11.4. The van der Waals surface area contributed by atoms with Crippen molar-refractivity contribution in [3.05, 3.63) is 53.2 Å². The number of carbonyl (C=O) groups is 2. The molecular formula is C19H19N3O4. The molecule has 1 heterocycles. The van der Waals surface area contributed by atoms with Gasteiger partial charge in [0.25, 0.3) is 0 Å². The first kappa shape index (κ1) is 18.9. The van der Waals surface area contributed by atoms with Crippen molar-refractivity contribution >= 4 is 11.8 Å². The number of aryl methyl sites for hydroxylation is 2. The van der Waals surface area contributed by atoms with Gasteiger partial charge in [0, 0.05) is 17.7 Å². The Kier molecular flexibility index (Phi) is 6.28. The molecule has 0 amide bonds. The maximum absolute atomic E-state index is 11.7. The van der Waals surface area contributed by atoms with E-state index in [1.807, 2.05) is 31.2 Å². The van der Waals surface area contributed by atoms with Crippen molar-refractivity contribution in [1.29, 1.82) is 5.26 Å². The number of oxazole rings is 1. The third-order valence-corrected chi connectivity index (χ3v) is 3.58. The van der Waals surface area contributed by atoms with E-state index < -0.39 is 18.4 Å². The van der Waals surface area contributed by atoms with Gasteiger partial charge >= 0.3 is 5.97 Å². The summed E-state index contributed by atoms with van der Waals surface area (Å²) in [6.07, 6.45) is 1.85. The molecule has 0 aliphatic carbocycles. The van der Waals surface area contributed by atoms with Crippen LogP contribution in [-0.4, -0.2) is 23.3 Å². The van der Waals surface area contributed by atoms with Crippen LogP contribution in [0, 0.1) is 18.3 Å². The Morgan fingerprint density at radius 1 is 1.31 bits per heavy atom. The van der Waals surface area contributed by atoms with Crippen LogP contribution in [0.4, 0.5) is 0 Å². The quantitative estimate of drug-likeness (QED) is 0.461. The molecule has 0 atom stereocenters. The van der Waals surface area contributed by atoms with Crippen LogP contribution in [0.15, 0.2) is 46.1 Å². The molecule has 0 unspecified atom stereocenters. The van der Waals surface area contributed by atoms with E-state index in [-0.39, 0.29) is 24.1 Å². The molecule has 1 aromatic carbocycles. The van der Waals surface area contributed by atoms with Crippen molar-refractivity contribution in [1.82, 2.24) is 4.98 Å². The number of benzene rings is 1. The second kappa shape index (κ2) is 8.62. The fourth-order valence-corrected chi connectivity index (χ4v) is 2.15. The number of aromatic nitrogens is 1. The number of esters is 1. The first-order chi connectivity index (χ1) is 12.4. The third kappa shape index (κ3) is 5.05. The van der Waals surface area contributed by atoms with Crippen molar-refractivity contribution in [2.45, 2.75) is 26.7 Å². The molecule has 0 fully saturated rings. The summed E-state index contributed by atoms with van der Waals surface area (Å²) < 4.78 is 10.5. The van der Waals surface area contributed by atoms with Gasteiger partial charge in [-0.1, -0.05) is 29.8 Å². The summed E-state index contributed by atoms with van der Waals surface area (Å²) in [5, 5.41) is 8.83. The molecule has 0 aliphatic rings. The van der Waals surface area contributed by atoms with E-state index in [1.165, 1.54) is 6.92 Å². The first-order valence-corrected chi connectivity index (χ1v) is 7.97. The summed E-state index contributed by atoms with van der Waals surface area (Å²) in [5.41, 5.74) is 7.36. The van der Waals surface area contributed by atoms with Crippen LogP contribution < -0.4 is 5.73 Å². The molecule has 1 aromatic heterocycles. The van der Waals surface area contributed by atoms with Gasteiger partial charge in [0.15, 0.2) is 18.3 Å². The first-order valence-electron chi connectivity index (χ1n) is 7.97. The van der Waals surface area contributed by atoms with E-state index in [2.05, 4.69) is 4.98 Å². The molecule has 0 saturated carbocycles. The van der Waals surface area contributed by atoms with Gasteiger partial charge in [-0.25, -0.2) is 4.98 Å². The lowest BCUT2D eigenvalue weighted by Crippen LogP contribution is -2.17. The topological polar surface area (TPSA) is 119 Å². The van der Waals surface area contributed by atoms with Gasteiger partial charge in [0.05, 0.1) is 12.6 Å². The number of ketones is 1. The molecule has 7 heteroatoms. The summed E-state index contributed by atoms with van der Waals surface area (Å²) in [4.78, 5) is 27.6. The summed E-state index contributed by atoms with van der Waals surface area (Å²) >= 11 is 0. The monoisotopic (exact) mass is 353 g/mol. The van der Waals surface area contributed by atoms with Crippen LogP contribution in [0.2, 0.25) is 0 Å². The highest BCUT2D eigenvalue weighted by atomic mass is 16.5. The zero-order chi connectivity index (χ0) is 19.1. The highest BCUT2D eigenvalue weighted by Gasteiger charge is 2.15. The molecule has 0 bridgehead atoms. The third-order valence-electron chi connectivity index (χ3n) is 3.58. The van der Waals surface area contributed by atoms with Crippen LogP contribution in [0.3, 0.4) is 0 Å². The second-order valence-electron chi connectivity index (χ2n) is 5.74. The zero-order valence-corrected chi connectivity index (χ0v) is 14.6. The SMILES string of the molecule is C/C(N)=C(/C#N)C(=O)COC(=O)CCc1ncc(-c2ccc(C)cc2)o1. The van der Waals surface area contributed by atoms with Gasteiger partial charge in [-0.15, -0.1) is 0 Å². The Balaban J connectivity index is 1.85. The van der Waals surface area contributed by atoms with Gasteiger partial charge in [0.1, 0.15) is 11.6 Å². The molecule has 26 heavy (non-hydrogen) atoms. The fraction of sp³-hybridized carbons (Fsp3) is 0.263. The molecule has 2 N–H and O–H groups in total. The molecule has 2 rings (SSSR count). The highest BCUT2D eigenvalue weighted by molar-refractivity contribution is 6.01. The molecule has 0 aliphatic heterocycles. The Morgan fingerprint density at radius 3 is 2.62 bits per heavy atom. The number of hydrogen-bond donors (Lipinski definition) is 1. The largest absolute Gasteiger partial charge is 0.457 e. The number of allylic oxidation sites excluding steroid dienone is 1. The number of nitrogens with two attached hydrogens (primary N) is 1. The molecule has 0 spiro atoms. The Hall–Kier alpha value is -3.40. The minimum absolute atomic E-state index is 0.00827. The number of nitrogens with zero attached hydrogens (tertiary/aromatic N) is 2. The van der Waals surface area contributed by atoms with E-state index in [4.69, 9.17) is 20.1 Å². The van der Waals surface area contributed by atoms with Gasteiger partial charge in [-0.2, -0.15) is 5.26 Å². The Labute approximate surface area is 151 Å². The predicted octanol–water partition coefficient (Wildman–Crippen LogP) is 2.45. The standard InChI is InChI=1S/C19H19N3O4/c1-12-3-5-14(6-4-12)17-10-22-18(26-17)7-8-19(24)25-11-16(23)15(9-20)13(2)21/h3-6,10H,7-8,11,21H2,1-2H3/b15-13+.